The van der Waals surface area contributed by atoms with Crippen LogP contribution in [-0.4, -0.2) is 0 Å². The van der Waals surface area contributed by atoms with Gasteiger partial charge in [0.05, 0.1) is 0 Å². The summed E-state index contributed by atoms with van der Waals surface area (Å²) >= 11 is 6.25. The molecule has 0 saturated carbocycles. The Bertz CT molecular complexity index is 184. The number of hydrogen-bond donors (Lipinski definition) is 0. The molecule has 0 nitrogen and oxygen atoms in total. The predicted molar refractivity (Wildman–Crippen MR) is 52.6 cm³/mol. The molecule has 0 heterocycles. The third-order valence-electron chi connectivity index (χ3n) is 1.08. The molecule has 0 aliphatic heterocycles. The molecule has 1 radical (unpaired) electrons. The summed E-state index contributed by atoms with van der Waals surface area (Å²) in [5.74, 6) is 0. The fourth-order valence-corrected chi connectivity index (χ4v) is 0.747. The van der Waals surface area contributed by atoms with Gasteiger partial charge >= 0.3 is 40.5 Å². The Morgan fingerprint density at radius 2 is 1.55 bits per heavy atom. The van der Waals surface area contributed by atoms with Crippen molar-refractivity contribution in [1.29, 1.82) is 0 Å². The number of aryl methyl sites for hydroxylation is 2. The van der Waals surface area contributed by atoms with E-state index in [9.17, 15) is 0 Å². The van der Waals surface area contributed by atoms with Crippen molar-refractivity contribution in [3.8, 4) is 0 Å². The Balaban J connectivity index is 0.000000292. The maximum atomic E-state index is 3.25. The molecule has 3 heteroatoms. The Morgan fingerprint density at radius 3 is 1.73 bits per heavy atom. The summed E-state index contributed by atoms with van der Waals surface area (Å²) in [6, 6.07) is 9.12. The van der Waals surface area contributed by atoms with Crippen LogP contribution in [0.25, 0.3) is 0 Å². The van der Waals surface area contributed by atoms with Gasteiger partial charge in [-0.25, -0.2) is 0 Å². The zero-order chi connectivity index (χ0) is 8.69. The van der Waals surface area contributed by atoms with Gasteiger partial charge in [0.15, 0.2) is 0 Å². The summed E-state index contributed by atoms with van der Waals surface area (Å²) in [4.78, 5) is 0. The van der Waals surface area contributed by atoms with Crippen molar-refractivity contribution in [2.24, 2.45) is 0 Å². The van der Waals surface area contributed by atoms with Gasteiger partial charge in [-0.1, -0.05) is 29.3 Å². The van der Waals surface area contributed by atoms with Gasteiger partial charge in [-0.15, -0.1) is 0 Å². The molecule has 57 valence electrons. The average molecular weight is 330 g/mol. The second-order valence-electron chi connectivity index (χ2n) is 2.19. The first kappa shape index (κ1) is 11.8. The molecule has 0 fully saturated rings. The zero-order valence-electron chi connectivity index (χ0n) is 6.70. The topological polar surface area (TPSA) is 0 Å². The summed E-state index contributed by atoms with van der Waals surface area (Å²) in [6.45, 7) is 4.15. The summed E-state index contributed by atoms with van der Waals surface area (Å²) in [5, 5.41) is 0. The van der Waals surface area contributed by atoms with Crippen LogP contribution in [-0.2, 0) is 13.2 Å². The number of hydrogen-bond acceptors (Lipinski definition) is 0. The van der Waals surface area contributed by atoms with Crippen molar-refractivity contribution in [3.05, 3.63) is 35.4 Å². The second-order valence-corrected chi connectivity index (χ2v) is 16.3. The molecule has 1 aromatic rings. The predicted octanol–water partition coefficient (Wildman–Crippen LogP) is 3.79. The van der Waals surface area contributed by atoms with E-state index in [2.05, 4.69) is 53.2 Å². The molecule has 0 aliphatic carbocycles. The minimum atomic E-state index is -0.250. The molecule has 0 bridgehead atoms. The van der Waals surface area contributed by atoms with Gasteiger partial charge < -0.3 is 0 Å². The van der Waals surface area contributed by atoms with Crippen LogP contribution in [0.3, 0.4) is 0 Å². The quantitative estimate of drug-likeness (QED) is 0.635. The van der Waals surface area contributed by atoms with Crippen molar-refractivity contribution < 1.29 is 13.2 Å². The Hall–Kier alpha value is 0.803. The summed E-state index contributed by atoms with van der Waals surface area (Å²) in [7, 11) is 0. The molecule has 0 N–H and O–H groups in total. The van der Waals surface area contributed by atoms with Gasteiger partial charge in [0.1, 0.15) is 0 Å². The first-order valence-electron chi connectivity index (χ1n) is 3.27. The summed E-state index contributed by atoms with van der Waals surface area (Å²) in [5.41, 5.74) is 2.56. The Labute approximate surface area is 89.1 Å². The Kier molecular flexibility index (Phi) is 8.00. The fraction of sp³-hybridized carbons (Fsp3) is 0.250. The van der Waals surface area contributed by atoms with Crippen LogP contribution in [0.4, 0.5) is 0 Å². The molecule has 0 aromatic heterocycles. The normalized spacial score (nSPS) is 7.64. The van der Waals surface area contributed by atoms with E-state index in [1.54, 1.807) is 0 Å². The van der Waals surface area contributed by atoms with Gasteiger partial charge in [-0.05, 0) is 19.9 Å². The minimum absolute atomic E-state index is 0.250. The van der Waals surface area contributed by atoms with Crippen molar-refractivity contribution in [2.45, 2.75) is 13.8 Å². The summed E-state index contributed by atoms with van der Waals surface area (Å²) in [6.07, 6.45) is 0. The molecular weight excluding hydrogens is 321 g/mol. The first-order chi connectivity index (χ1) is 5.20. The molecule has 0 atom stereocenters. The van der Waals surface area contributed by atoms with Crippen LogP contribution >= 0.6 is 27.2 Å². The second kappa shape index (κ2) is 7.45. The van der Waals surface area contributed by atoms with Crippen LogP contribution in [0, 0.1) is 19.9 Å². The van der Waals surface area contributed by atoms with E-state index in [1.165, 1.54) is 11.1 Å². The fourth-order valence-electron chi connectivity index (χ4n) is 0.747. The van der Waals surface area contributed by atoms with E-state index in [-0.39, 0.29) is 13.2 Å². The van der Waals surface area contributed by atoms with Crippen molar-refractivity contribution in [3.63, 3.8) is 0 Å². The molecule has 0 unspecified atom stereocenters. The zero-order valence-corrected chi connectivity index (χ0v) is 12.8. The maximum absolute atomic E-state index is 3.25. The van der Waals surface area contributed by atoms with E-state index >= 15 is 0 Å². The van der Waals surface area contributed by atoms with E-state index in [0.717, 1.165) is 0 Å². The number of benzene rings is 1. The number of rotatable bonds is 0. The van der Waals surface area contributed by atoms with E-state index < -0.39 is 0 Å². The Morgan fingerprint density at radius 1 is 1.18 bits per heavy atom. The van der Waals surface area contributed by atoms with E-state index in [1.807, 2.05) is 12.1 Å². The molecule has 0 spiro atoms. The van der Waals surface area contributed by atoms with Crippen LogP contribution < -0.4 is 0 Å². The molecule has 11 heavy (non-hydrogen) atoms. The molecule has 0 amide bonds. The van der Waals surface area contributed by atoms with Crippen molar-refractivity contribution in [1.82, 2.24) is 0 Å². The molecular formula is C8H9Br2Zn. The molecule has 1 aromatic carbocycles. The van der Waals surface area contributed by atoms with Gasteiger partial charge in [-0.3, -0.25) is 0 Å². The van der Waals surface area contributed by atoms with Gasteiger partial charge in [0.25, 0.3) is 0 Å². The third kappa shape index (κ3) is 7.17. The van der Waals surface area contributed by atoms with Gasteiger partial charge in [0, 0.05) is 0 Å². The van der Waals surface area contributed by atoms with Crippen molar-refractivity contribution >= 4 is 27.2 Å². The third-order valence-corrected chi connectivity index (χ3v) is 1.08. The van der Waals surface area contributed by atoms with Crippen LogP contribution in [0.15, 0.2) is 18.2 Å². The van der Waals surface area contributed by atoms with E-state index in [0.29, 0.717) is 0 Å². The standard InChI is InChI=1S/C8H9.2BrH.Zn/c1-7-4-3-5-8(2)6-7;;;/h4-6H,1-2H3;2*1H;/q;;;+2/p-2. The van der Waals surface area contributed by atoms with Crippen LogP contribution in [0.2, 0.25) is 0 Å². The molecule has 1 rings (SSSR count). The van der Waals surface area contributed by atoms with Gasteiger partial charge in [-0.2, -0.15) is 0 Å². The van der Waals surface area contributed by atoms with Crippen LogP contribution in [0.1, 0.15) is 11.1 Å². The van der Waals surface area contributed by atoms with Crippen molar-refractivity contribution in [2.75, 3.05) is 0 Å². The average Bonchev–Trinajstić information content (AvgIpc) is 1.88. The SMILES string of the molecule is Cc1c[c]cc(C)c1.[Br][Zn][Br]. The van der Waals surface area contributed by atoms with Crippen LogP contribution in [0.5, 0.6) is 0 Å². The monoisotopic (exact) mass is 327 g/mol. The van der Waals surface area contributed by atoms with Gasteiger partial charge in [0.2, 0.25) is 0 Å². The molecule has 0 aliphatic rings. The number of halogens is 2. The molecule has 0 saturated heterocycles. The summed E-state index contributed by atoms with van der Waals surface area (Å²) < 4.78 is 0. The van der Waals surface area contributed by atoms with E-state index in [4.69, 9.17) is 0 Å². The first-order valence-corrected chi connectivity index (χ1v) is 17.2.